The number of hydrogen-bond donors (Lipinski definition) is 2. The first-order chi connectivity index (χ1) is 19.3. The van der Waals surface area contributed by atoms with Crippen molar-refractivity contribution in [2.45, 2.75) is 42.5 Å². The first-order valence-electron chi connectivity index (χ1n) is 12.3. The third-order valence-corrected chi connectivity index (χ3v) is 9.19. The number of sulfonamides is 1. The smallest absolute Gasteiger partial charge is 0.330 e. The average molecular weight is 646 g/mol. The highest BCUT2D eigenvalue weighted by Crippen LogP contribution is 2.34. The normalized spacial score (nSPS) is 18.0. The first kappa shape index (κ1) is 29.7. The summed E-state index contributed by atoms with van der Waals surface area (Å²) in [5, 5.41) is 5.57. The van der Waals surface area contributed by atoms with Gasteiger partial charge < -0.3 is 10.3 Å². The summed E-state index contributed by atoms with van der Waals surface area (Å²) in [5.74, 6) is -1.96. The summed E-state index contributed by atoms with van der Waals surface area (Å²) in [7, 11) is -4.25. The molecule has 2 aliphatic heterocycles. The van der Waals surface area contributed by atoms with Crippen LogP contribution >= 0.6 is 34.8 Å². The van der Waals surface area contributed by atoms with Gasteiger partial charge in [-0.15, -0.1) is 0 Å². The van der Waals surface area contributed by atoms with E-state index in [1.54, 1.807) is 30.3 Å². The van der Waals surface area contributed by atoms with E-state index in [1.807, 2.05) is 12.1 Å². The monoisotopic (exact) mass is 644 g/mol. The van der Waals surface area contributed by atoms with E-state index in [4.69, 9.17) is 34.8 Å². The fourth-order valence-corrected chi connectivity index (χ4v) is 6.75. The molecule has 41 heavy (non-hydrogen) atoms. The van der Waals surface area contributed by atoms with Gasteiger partial charge in [0.15, 0.2) is 0 Å². The van der Waals surface area contributed by atoms with Crippen LogP contribution in [-0.4, -0.2) is 37.7 Å². The van der Waals surface area contributed by atoms with Gasteiger partial charge in [0, 0.05) is 34.6 Å². The van der Waals surface area contributed by atoms with E-state index in [1.165, 1.54) is 18.2 Å². The van der Waals surface area contributed by atoms with Gasteiger partial charge in [-0.1, -0.05) is 59.1 Å². The minimum absolute atomic E-state index is 0.117. The minimum atomic E-state index is -5.02. The SMILES string of the molecule is O=C(N1CCc2ccc(S(=O)(=O)NC(C3=NNC(c4ccc(Cl)cc4)C3)c3ccc(Cl)cc3Cl)cc2C1)C(F)(F)F. The molecule has 2 unspecified atom stereocenters. The van der Waals surface area contributed by atoms with E-state index in [2.05, 4.69) is 15.2 Å². The zero-order valence-electron chi connectivity index (χ0n) is 21.1. The number of nitrogens with one attached hydrogen (secondary N) is 2. The number of carbonyl (C=O) groups excluding carboxylic acids is 1. The number of alkyl halides is 3. The number of amides is 1. The number of rotatable bonds is 6. The van der Waals surface area contributed by atoms with Gasteiger partial charge in [0.05, 0.1) is 22.7 Å². The van der Waals surface area contributed by atoms with Crippen molar-refractivity contribution in [3.05, 3.63) is 98.0 Å². The number of carbonyl (C=O) groups is 1. The molecule has 216 valence electrons. The second-order valence-electron chi connectivity index (χ2n) is 9.67. The standard InChI is InChI=1S/C27H22Cl3F3N4O3S/c28-18-4-1-16(2-5-18)23-13-24(35-34-23)25(21-8-6-19(29)12-22(21)30)36-41(39,40)20-7-3-15-9-10-37(14-17(15)11-20)26(38)27(31,32)33/h1-8,11-12,23,25,34,36H,9-10,13-14H2. The number of hydrogen-bond acceptors (Lipinski definition) is 5. The van der Waals surface area contributed by atoms with Gasteiger partial charge in [0.2, 0.25) is 10.0 Å². The molecule has 2 aliphatic rings. The zero-order chi connectivity index (χ0) is 29.5. The van der Waals surface area contributed by atoms with Gasteiger partial charge in [0.1, 0.15) is 0 Å². The van der Waals surface area contributed by atoms with Crippen molar-refractivity contribution in [3.8, 4) is 0 Å². The molecule has 1 amide bonds. The van der Waals surface area contributed by atoms with E-state index in [0.29, 0.717) is 43.8 Å². The quantitative estimate of drug-likeness (QED) is 0.334. The van der Waals surface area contributed by atoms with Crippen molar-refractivity contribution in [2.75, 3.05) is 6.54 Å². The van der Waals surface area contributed by atoms with Gasteiger partial charge in [-0.25, -0.2) is 8.42 Å². The summed E-state index contributed by atoms with van der Waals surface area (Å²) < 4.78 is 69.0. The minimum Gasteiger partial charge on any atom is -0.330 e. The molecule has 2 atom stereocenters. The lowest BCUT2D eigenvalue weighted by Crippen LogP contribution is -2.43. The summed E-state index contributed by atoms with van der Waals surface area (Å²) in [6.07, 6.45) is -4.51. The van der Waals surface area contributed by atoms with Crippen molar-refractivity contribution < 1.29 is 26.4 Å². The molecule has 0 aromatic heterocycles. The van der Waals surface area contributed by atoms with Crippen LogP contribution in [-0.2, 0) is 27.8 Å². The first-order valence-corrected chi connectivity index (χ1v) is 15.0. The lowest BCUT2D eigenvalue weighted by Gasteiger charge is -2.29. The summed E-state index contributed by atoms with van der Waals surface area (Å²) >= 11 is 18.6. The van der Waals surface area contributed by atoms with Gasteiger partial charge in [-0.2, -0.15) is 23.0 Å². The molecule has 7 nitrogen and oxygen atoms in total. The zero-order valence-corrected chi connectivity index (χ0v) is 24.1. The third-order valence-electron chi connectivity index (χ3n) is 6.96. The van der Waals surface area contributed by atoms with Crippen LogP contribution in [0.1, 0.15) is 40.8 Å². The largest absolute Gasteiger partial charge is 0.471 e. The molecule has 0 saturated heterocycles. The Bertz CT molecular complexity index is 1630. The summed E-state index contributed by atoms with van der Waals surface area (Å²) in [6, 6.07) is 14.8. The van der Waals surface area contributed by atoms with Crippen LogP contribution in [0, 0.1) is 0 Å². The van der Waals surface area contributed by atoms with Crippen molar-refractivity contribution in [3.63, 3.8) is 0 Å². The molecule has 14 heteroatoms. The Hall–Kier alpha value is -2.83. The predicted octanol–water partition coefficient (Wildman–Crippen LogP) is 6.20. The molecule has 0 fully saturated rings. The Morgan fingerprint density at radius 1 is 1.00 bits per heavy atom. The van der Waals surface area contributed by atoms with Crippen molar-refractivity contribution in [2.24, 2.45) is 5.10 Å². The van der Waals surface area contributed by atoms with E-state index >= 15 is 0 Å². The van der Waals surface area contributed by atoms with Crippen LogP contribution in [0.4, 0.5) is 13.2 Å². The van der Waals surface area contributed by atoms with Crippen LogP contribution in [0.25, 0.3) is 0 Å². The van der Waals surface area contributed by atoms with Crippen molar-refractivity contribution in [1.29, 1.82) is 0 Å². The highest BCUT2D eigenvalue weighted by molar-refractivity contribution is 7.89. The summed E-state index contributed by atoms with van der Waals surface area (Å²) in [6.45, 7) is -0.475. The Morgan fingerprint density at radius 3 is 2.39 bits per heavy atom. The molecule has 0 bridgehead atoms. The molecule has 2 heterocycles. The van der Waals surface area contributed by atoms with Crippen LogP contribution in [0.15, 0.2) is 70.7 Å². The van der Waals surface area contributed by atoms with Gasteiger partial charge in [0.25, 0.3) is 0 Å². The molecule has 0 aliphatic carbocycles. The maximum atomic E-state index is 13.7. The number of hydrazone groups is 1. The second-order valence-corrected chi connectivity index (χ2v) is 12.7. The van der Waals surface area contributed by atoms with E-state index in [-0.39, 0.29) is 35.5 Å². The Labute approximate surface area is 249 Å². The van der Waals surface area contributed by atoms with Gasteiger partial charge in [-0.05, 0) is 65.1 Å². The average Bonchev–Trinajstić information content (AvgIpc) is 3.41. The number of halogens is 6. The highest BCUT2D eigenvalue weighted by atomic mass is 35.5. The molecule has 5 rings (SSSR count). The van der Waals surface area contributed by atoms with Gasteiger partial charge >= 0.3 is 12.1 Å². The lowest BCUT2D eigenvalue weighted by molar-refractivity contribution is -0.186. The topological polar surface area (TPSA) is 90.9 Å². The summed E-state index contributed by atoms with van der Waals surface area (Å²) in [4.78, 5) is 12.3. The van der Waals surface area contributed by atoms with Crippen LogP contribution < -0.4 is 10.1 Å². The maximum absolute atomic E-state index is 13.7. The lowest BCUT2D eigenvalue weighted by atomic mass is 9.96. The predicted molar refractivity (Wildman–Crippen MR) is 151 cm³/mol. The van der Waals surface area contributed by atoms with E-state index < -0.39 is 28.1 Å². The third kappa shape index (κ3) is 6.49. The van der Waals surface area contributed by atoms with E-state index in [0.717, 1.165) is 5.56 Å². The van der Waals surface area contributed by atoms with Crippen LogP contribution in [0.5, 0.6) is 0 Å². The number of fused-ring (bicyclic) bond motifs is 1. The maximum Gasteiger partial charge on any atom is 0.471 e. The molecule has 2 N–H and O–H groups in total. The highest BCUT2D eigenvalue weighted by Gasteiger charge is 2.43. The Morgan fingerprint density at radius 2 is 1.71 bits per heavy atom. The Balaban J connectivity index is 1.44. The molecule has 0 saturated carbocycles. The van der Waals surface area contributed by atoms with Crippen LogP contribution in [0.2, 0.25) is 15.1 Å². The molecule has 3 aromatic rings. The van der Waals surface area contributed by atoms with E-state index in [9.17, 15) is 26.4 Å². The summed E-state index contributed by atoms with van der Waals surface area (Å²) in [5.41, 5.74) is 5.78. The second kappa shape index (κ2) is 11.4. The number of benzene rings is 3. The molecule has 0 radical (unpaired) electrons. The van der Waals surface area contributed by atoms with Gasteiger partial charge in [-0.3, -0.25) is 4.79 Å². The number of nitrogens with zero attached hydrogens (tertiary/aromatic N) is 2. The Kier molecular flexibility index (Phi) is 8.28. The molecule has 0 spiro atoms. The fraction of sp³-hybridized carbons (Fsp3) is 0.259. The fourth-order valence-electron chi connectivity index (χ4n) is 4.85. The molecule has 3 aromatic carbocycles. The van der Waals surface area contributed by atoms with Crippen molar-refractivity contribution in [1.82, 2.24) is 15.0 Å². The van der Waals surface area contributed by atoms with Crippen LogP contribution in [0.3, 0.4) is 0 Å². The molecular weight excluding hydrogens is 624 g/mol. The molecular formula is C27H22Cl3F3N4O3S. The van der Waals surface area contributed by atoms with Crippen molar-refractivity contribution >= 4 is 56.4 Å².